The number of aryl methyl sites for hydroxylation is 2. The highest BCUT2D eigenvalue weighted by Crippen LogP contribution is 2.30. The summed E-state index contributed by atoms with van der Waals surface area (Å²) in [4.78, 5) is 2.30. The van der Waals surface area contributed by atoms with E-state index in [2.05, 4.69) is 29.9 Å². The fourth-order valence-corrected chi connectivity index (χ4v) is 4.15. The van der Waals surface area contributed by atoms with Gasteiger partial charge in [0.25, 0.3) is 0 Å². The molecule has 0 saturated carbocycles. The Balaban J connectivity index is 1.41. The molecule has 23 heavy (non-hydrogen) atoms. The number of rotatable bonds is 2. The lowest BCUT2D eigenvalue weighted by Crippen LogP contribution is -2.33. The minimum Gasteiger partial charge on any atom is -0.354 e. The third-order valence-corrected chi connectivity index (χ3v) is 5.45. The van der Waals surface area contributed by atoms with Crippen LogP contribution in [0.4, 0.5) is 5.82 Å². The molecule has 7 nitrogen and oxygen atoms in total. The second-order valence-corrected chi connectivity index (χ2v) is 6.88. The molecule has 1 saturated heterocycles. The molecular formula is C15H17N7S. The largest absolute Gasteiger partial charge is 0.354 e. The van der Waals surface area contributed by atoms with Crippen molar-refractivity contribution in [3.8, 4) is 0 Å². The van der Waals surface area contributed by atoms with Crippen molar-refractivity contribution in [2.24, 2.45) is 0 Å². The van der Waals surface area contributed by atoms with E-state index in [4.69, 9.17) is 5.10 Å². The van der Waals surface area contributed by atoms with Crippen LogP contribution in [0, 0.1) is 0 Å². The number of nitrogens with zero attached hydrogens (tertiary/aromatic N) is 7. The van der Waals surface area contributed by atoms with E-state index in [1.165, 1.54) is 29.4 Å². The smallest absolute Gasteiger partial charge is 0.178 e. The Kier molecular flexibility index (Phi) is 3.04. The first-order valence-corrected chi connectivity index (χ1v) is 8.88. The monoisotopic (exact) mass is 327 g/mol. The maximum absolute atomic E-state index is 4.82. The lowest BCUT2D eigenvalue weighted by molar-refractivity contribution is 0.475. The van der Waals surface area contributed by atoms with Gasteiger partial charge in [0, 0.05) is 19.0 Å². The zero-order chi connectivity index (χ0) is 15.2. The van der Waals surface area contributed by atoms with Gasteiger partial charge in [-0.2, -0.15) is 18.4 Å². The third-order valence-electron chi connectivity index (χ3n) is 4.98. The van der Waals surface area contributed by atoms with Crippen molar-refractivity contribution in [1.29, 1.82) is 0 Å². The fourth-order valence-electron chi connectivity index (χ4n) is 3.71. The minimum atomic E-state index is 0.416. The molecular weight excluding hydrogens is 310 g/mol. The van der Waals surface area contributed by atoms with E-state index in [0.29, 0.717) is 5.92 Å². The first-order chi connectivity index (χ1) is 11.4. The Morgan fingerprint density at radius 3 is 2.87 bits per heavy atom. The number of piperidine rings is 1. The number of anilines is 1. The van der Waals surface area contributed by atoms with E-state index >= 15 is 0 Å². The van der Waals surface area contributed by atoms with Crippen LogP contribution >= 0.6 is 11.7 Å². The molecule has 5 rings (SSSR count). The van der Waals surface area contributed by atoms with Gasteiger partial charge in [0.05, 0.1) is 23.6 Å². The van der Waals surface area contributed by atoms with Crippen molar-refractivity contribution in [2.45, 2.75) is 38.0 Å². The van der Waals surface area contributed by atoms with Gasteiger partial charge in [-0.3, -0.25) is 0 Å². The van der Waals surface area contributed by atoms with Gasteiger partial charge in [-0.1, -0.05) is 0 Å². The molecule has 8 heteroatoms. The maximum Gasteiger partial charge on any atom is 0.178 e. The quantitative estimate of drug-likeness (QED) is 0.715. The normalized spacial score (nSPS) is 18.7. The number of hydrogen-bond acceptors (Lipinski definition) is 7. The van der Waals surface area contributed by atoms with Crippen LogP contribution in [0.25, 0.3) is 5.65 Å². The van der Waals surface area contributed by atoms with Crippen LogP contribution in [-0.2, 0) is 12.8 Å². The van der Waals surface area contributed by atoms with Crippen LogP contribution < -0.4 is 4.90 Å². The van der Waals surface area contributed by atoms with Gasteiger partial charge in [-0.25, -0.2) is 0 Å². The molecule has 4 heterocycles. The Hall–Kier alpha value is -2.09. The van der Waals surface area contributed by atoms with Gasteiger partial charge in [0.2, 0.25) is 0 Å². The molecule has 2 aliphatic rings. The molecule has 0 atom stereocenters. The SMILES string of the molecule is c1nsnc1N1CCC(c2nnc3cc4c(nn23)CCC4)CC1. The standard InChI is InChI=1S/C15H17N7S/c1-2-11-8-13-17-18-15(22(13)19-12(11)3-1)10-4-6-21(7-5-10)14-9-16-23-20-14/h8-10H,1-7H2. The van der Waals surface area contributed by atoms with E-state index in [-0.39, 0.29) is 0 Å². The molecule has 0 radical (unpaired) electrons. The molecule has 0 amide bonds. The lowest BCUT2D eigenvalue weighted by Gasteiger charge is -2.30. The van der Waals surface area contributed by atoms with E-state index in [9.17, 15) is 0 Å². The summed E-state index contributed by atoms with van der Waals surface area (Å²) in [7, 11) is 0. The van der Waals surface area contributed by atoms with Crippen LogP contribution in [0.15, 0.2) is 12.3 Å². The van der Waals surface area contributed by atoms with Crippen LogP contribution in [-0.4, -0.2) is 41.6 Å². The van der Waals surface area contributed by atoms with Gasteiger partial charge in [0.1, 0.15) is 0 Å². The predicted molar refractivity (Wildman–Crippen MR) is 86.9 cm³/mol. The summed E-state index contributed by atoms with van der Waals surface area (Å²) < 4.78 is 10.4. The molecule has 0 bridgehead atoms. The number of fused-ring (bicyclic) bond motifs is 2. The van der Waals surface area contributed by atoms with E-state index in [1.54, 1.807) is 0 Å². The second kappa shape index (κ2) is 5.23. The van der Waals surface area contributed by atoms with Gasteiger partial charge in [-0.05, 0) is 43.7 Å². The van der Waals surface area contributed by atoms with Crippen molar-refractivity contribution < 1.29 is 0 Å². The summed E-state index contributed by atoms with van der Waals surface area (Å²) in [6, 6.07) is 2.17. The molecule has 0 unspecified atom stereocenters. The highest BCUT2D eigenvalue weighted by Gasteiger charge is 2.27. The Morgan fingerprint density at radius 2 is 2.04 bits per heavy atom. The first kappa shape index (κ1) is 13.4. The van der Waals surface area contributed by atoms with Gasteiger partial charge >= 0.3 is 0 Å². The molecule has 1 aliphatic carbocycles. The first-order valence-electron chi connectivity index (χ1n) is 8.15. The molecule has 1 fully saturated rings. The Morgan fingerprint density at radius 1 is 1.13 bits per heavy atom. The Bertz CT molecular complexity index is 833. The van der Waals surface area contributed by atoms with Gasteiger partial charge < -0.3 is 4.90 Å². The number of aromatic nitrogens is 6. The maximum atomic E-state index is 4.82. The van der Waals surface area contributed by atoms with Crippen LogP contribution in [0.2, 0.25) is 0 Å². The molecule has 1 aliphatic heterocycles. The van der Waals surface area contributed by atoms with Gasteiger partial charge in [-0.15, -0.1) is 10.2 Å². The average Bonchev–Trinajstić information content (AvgIpc) is 3.33. The topological polar surface area (TPSA) is 72.1 Å². The summed E-state index contributed by atoms with van der Waals surface area (Å²) in [6.45, 7) is 1.96. The summed E-state index contributed by atoms with van der Waals surface area (Å²) in [5, 5.41) is 13.6. The fraction of sp³-hybridized carbons (Fsp3) is 0.533. The second-order valence-electron chi connectivity index (χ2n) is 6.32. The summed E-state index contributed by atoms with van der Waals surface area (Å²) >= 11 is 1.27. The molecule has 3 aromatic rings. The van der Waals surface area contributed by atoms with Crippen molar-refractivity contribution in [1.82, 2.24) is 28.6 Å². The Labute approximate surface area is 137 Å². The van der Waals surface area contributed by atoms with Crippen molar-refractivity contribution in [2.75, 3.05) is 18.0 Å². The van der Waals surface area contributed by atoms with Crippen LogP contribution in [0.1, 0.15) is 42.3 Å². The van der Waals surface area contributed by atoms with Crippen LogP contribution in [0.5, 0.6) is 0 Å². The van der Waals surface area contributed by atoms with Crippen molar-refractivity contribution in [3.63, 3.8) is 0 Å². The van der Waals surface area contributed by atoms with Gasteiger partial charge in [0.15, 0.2) is 17.3 Å². The van der Waals surface area contributed by atoms with E-state index in [0.717, 1.165) is 56.1 Å². The molecule has 0 aromatic carbocycles. The average molecular weight is 327 g/mol. The summed E-state index contributed by atoms with van der Waals surface area (Å²) in [5.74, 6) is 2.43. The number of hydrogen-bond donors (Lipinski definition) is 0. The molecule has 118 valence electrons. The molecule has 3 aromatic heterocycles. The summed E-state index contributed by atoms with van der Waals surface area (Å²) in [5.41, 5.74) is 3.47. The zero-order valence-corrected chi connectivity index (χ0v) is 13.5. The lowest BCUT2D eigenvalue weighted by atomic mass is 9.96. The minimum absolute atomic E-state index is 0.416. The zero-order valence-electron chi connectivity index (χ0n) is 12.7. The van der Waals surface area contributed by atoms with Crippen molar-refractivity contribution in [3.05, 3.63) is 29.3 Å². The highest BCUT2D eigenvalue weighted by molar-refractivity contribution is 6.99. The highest BCUT2D eigenvalue weighted by atomic mass is 32.1. The van der Waals surface area contributed by atoms with E-state index < -0.39 is 0 Å². The van der Waals surface area contributed by atoms with Crippen molar-refractivity contribution >= 4 is 23.2 Å². The van der Waals surface area contributed by atoms with E-state index in [1.807, 2.05) is 10.7 Å². The third kappa shape index (κ3) is 2.20. The predicted octanol–water partition coefficient (Wildman–Crippen LogP) is 1.85. The molecule has 0 spiro atoms. The van der Waals surface area contributed by atoms with Crippen LogP contribution in [0.3, 0.4) is 0 Å². The molecule has 0 N–H and O–H groups in total. The summed E-state index contributed by atoms with van der Waals surface area (Å²) in [6.07, 6.45) is 7.37.